The molecule has 5 aromatic carbocycles. The van der Waals surface area contributed by atoms with Crippen LogP contribution in [0.3, 0.4) is 0 Å². The minimum Gasteiger partial charge on any atom is -0.351 e. The second-order valence-corrected chi connectivity index (χ2v) is 16.0. The zero-order chi connectivity index (χ0) is 44.6. The van der Waals surface area contributed by atoms with Crippen LogP contribution in [0.15, 0.2) is 145 Å². The number of nitrogens with zero attached hydrogens (tertiary/aromatic N) is 1. The van der Waals surface area contributed by atoms with Crippen molar-refractivity contribution in [3.05, 3.63) is 178 Å². The lowest BCUT2D eigenvalue weighted by molar-refractivity contribution is -0.180. The van der Waals surface area contributed by atoms with Crippen molar-refractivity contribution in [3.63, 3.8) is 0 Å². The molecule has 0 aliphatic carbocycles. The maximum absolute atomic E-state index is 15.2. The predicted molar refractivity (Wildman–Crippen MR) is 246 cm³/mol. The zero-order valence-electron chi connectivity index (χ0n) is 35.4. The number of amides is 5. The third-order valence-electron chi connectivity index (χ3n) is 10.4. The molecule has 0 fully saturated rings. The second kappa shape index (κ2) is 22.8. The van der Waals surface area contributed by atoms with Crippen molar-refractivity contribution in [3.8, 4) is 0 Å². The largest absolute Gasteiger partial charge is 0.351 e. The highest BCUT2D eigenvalue weighted by atomic mass is 35.5. The molecule has 1 aromatic heterocycles. The van der Waals surface area contributed by atoms with Crippen molar-refractivity contribution < 1.29 is 33.5 Å². The molecule has 4 N–H and O–H groups in total. The molecule has 5 amide bonds. The summed E-state index contributed by atoms with van der Waals surface area (Å²) >= 11 is 7.53. The first-order chi connectivity index (χ1) is 30.6. The van der Waals surface area contributed by atoms with Crippen LogP contribution in [0.4, 0.5) is 4.79 Å². The Balaban J connectivity index is 1.31. The summed E-state index contributed by atoms with van der Waals surface area (Å²) in [5.41, 5.74) is 5.05. The van der Waals surface area contributed by atoms with Gasteiger partial charge in [-0.25, -0.2) is 10.3 Å². The lowest BCUT2D eigenvalue weighted by Crippen LogP contribution is -2.57. The number of urea groups is 1. The van der Waals surface area contributed by atoms with Gasteiger partial charge < -0.3 is 30.3 Å². The van der Waals surface area contributed by atoms with E-state index in [0.717, 1.165) is 37.9 Å². The Morgan fingerprint density at radius 2 is 1.29 bits per heavy atom. The van der Waals surface area contributed by atoms with Gasteiger partial charge in [-0.05, 0) is 77.6 Å². The fourth-order valence-electron chi connectivity index (χ4n) is 7.41. The molecule has 0 saturated heterocycles. The van der Waals surface area contributed by atoms with Crippen LogP contribution in [0, 0.1) is 0 Å². The quantitative estimate of drug-likeness (QED) is 0.0325. The van der Waals surface area contributed by atoms with Crippen LogP contribution in [-0.2, 0) is 47.3 Å². The lowest BCUT2D eigenvalue weighted by atomic mass is 9.77. The molecule has 6 rings (SSSR count). The van der Waals surface area contributed by atoms with Crippen molar-refractivity contribution in [2.24, 2.45) is 0 Å². The summed E-state index contributed by atoms with van der Waals surface area (Å²) in [5, 5.41) is 12.3. The number of rotatable bonds is 21. The lowest BCUT2D eigenvalue weighted by Gasteiger charge is -2.38. The van der Waals surface area contributed by atoms with Gasteiger partial charge in [0, 0.05) is 36.0 Å². The zero-order valence-corrected chi connectivity index (χ0v) is 37.0. The van der Waals surface area contributed by atoms with Gasteiger partial charge >= 0.3 is 6.03 Å². The number of thiophene rings is 1. The van der Waals surface area contributed by atoms with E-state index >= 15 is 4.79 Å². The minimum absolute atomic E-state index is 0.127. The van der Waals surface area contributed by atoms with Crippen LogP contribution in [0.1, 0.15) is 55.0 Å². The number of carbonyl (C=O) groups is 4. The maximum Gasteiger partial charge on any atom is 0.338 e. The van der Waals surface area contributed by atoms with Crippen LogP contribution in [0.2, 0.25) is 5.02 Å². The number of carbonyl (C=O) groups excluding carboxylic acids is 4. The Morgan fingerprint density at radius 3 is 1.86 bits per heavy atom. The third kappa shape index (κ3) is 12.1. The molecule has 14 heteroatoms. The summed E-state index contributed by atoms with van der Waals surface area (Å²) in [6.07, 6.45) is -1.28. The van der Waals surface area contributed by atoms with E-state index in [1.807, 2.05) is 141 Å². The molecule has 0 aliphatic heterocycles. The molecule has 0 unspecified atom stereocenters. The van der Waals surface area contributed by atoms with Crippen LogP contribution in [0.5, 0.6) is 0 Å². The van der Waals surface area contributed by atoms with Gasteiger partial charge in [0.2, 0.25) is 17.7 Å². The highest BCUT2D eigenvalue weighted by molar-refractivity contribution is 7.17. The fraction of sp³-hybridized carbons (Fsp3) is 0.265. The monoisotopic (exact) mass is 889 g/mol. The Hall–Kier alpha value is -6.09. The van der Waals surface area contributed by atoms with E-state index in [0.29, 0.717) is 18.2 Å². The van der Waals surface area contributed by atoms with Crippen molar-refractivity contribution >= 4 is 56.8 Å². The number of benzene rings is 5. The van der Waals surface area contributed by atoms with Crippen LogP contribution in [-0.4, -0.2) is 66.8 Å². The maximum atomic E-state index is 15.2. The summed E-state index contributed by atoms with van der Waals surface area (Å²) in [7, 11) is 0. The first-order valence-corrected chi connectivity index (χ1v) is 22.0. The average Bonchev–Trinajstić information content (AvgIpc) is 3.72. The molecule has 0 aliphatic rings. The van der Waals surface area contributed by atoms with E-state index in [-0.39, 0.29) is 13.1 Å². The summed E-state index contributed by atoms with van der Waals surface area (Å²) < 4.78 is 13.1. The molecule has 328 valence electrons. The molecular weight excluding hydrogens is 838 g/mol. The Morgan fingerprint density at radius 1 is 0.730 bits per heavy atom. The van der Waals surface area contributed by atoms with Crippen molar-refractivity contribution in [1.29, 1.82) is 0 Å². The fourth-order valence-corrected chi connectivity index (χ4v) is 8.49. The van der Waals surface area contributed by atoms with Gasteiger partial charge in [-0.1, -0.05) is 133 Å². The average molecular weight is 891 g/mol. The Kier molecular flexibility index (Phi) is 16.8. The molecule has 6 aromatic rings. The smallest absolute Gasteiger partial charge is 0.338 e. The van der Waals surface area contributed by atoms with Gasteiger partial charge in [0.05, 0.1) is 12.5 Å². The summed E-state index contributed by atoms with van der Waals surface area (Å²) in [4.78, 5) is 63.2. The van der Waals surface area contributed by atoms with Gasteiger partial charge in [-0.15, -0.1) is 11.3 Å². The van der Waals surface area contributed by atoms with Gasteiger partial charge in [-0.3, -0.25) is 19.2 Å². The topological polar surface area (TPSA) is 147 Å². The SMILES string of the molecule is CCOC(OCC)[C@H](C)N(Cc1csc2ccccc12)C(=O)[C@H](CC(=O)NC(c1ccccc1)(c1ccccc1)c1ccccc1)NC(=O)CONC(=O)NCc1ccc(Cl)cc1. The molecule has 63 heavy (non-hydrogen) atoms. The molecule has 0 saturated carbocycles. The summed E-state index contributed by atoms with van der Waals surface area (Å²) in [6.45, 7) is 5.79. The number of hydroxylamine groups is 1. The number of ether oxygens (including phenoxy) is 2. The van der Waals surface area contributed by atoms with E-state index in [1.165, 1.54) is 0 Å². The molecular formula is C49H52ClN5O7S. The molecule has 2 atom stereocenters. The Bertz CT molecular complexity index is 2300. The normalized spacial score (nSPS) is 12.3. The first-order valence-electron chi connectivity index (χ1n) is 20.8. The predicted octanol–water partition coefficient (Wildman–Crippen LogP) is 8.09. The van der Waals surface area contributed by atoms with Crippen molar-refractivity contribution in [2.75, 3.05) is 19.8 Å². The summed E-state index contributed by atoms with van der Waals surface area (Å²) in [6, 6.07) is 40.9. The number of hydrogen-bond donors (Lipinski definition) is 4. The standard InChI is InChI=1S/C49H52ClN5O7S/c1-4-60-47(61-5-2)34(3)55(31-36-33-63-43-24-16-15-23-41(36)43)46(58)42(52-45(57)32-62-54-48(59)51-30-35-25-27-40(50)28-26-35)29-44(56)53-49(37-17-9-6-10-18-37,38-19-11-7-12-20-38)39-21-13-8-14-22-39/h6-28,33-34,42,47H,4-5,29-32H2,1-3H3,(H,52,57)(H,53,56)(H2,51,54,59)/t34-,42-/m0/s1. The third-order valence-corrected chi connectivity index (χ3v) is 11.7. The highest BCUT2D eigenvalue weighted by Crippen LogP contribution is 2.37. The Labute approximate surface area is 376 Å². The molecule has 0 spiro atoms. The van der Waals surface area contributed by atoms with Crippen molar-refractivity contribution in [1.82, 2.24) is 26.3 Å². The van der Waals surface area contributed by atoms with Gasteiger partial charge in [0.15, 0.2) is 12.9 Å². The van der Waals surface area contributed by atoms with Crippen LogP contribution < -0.4 is 21.4 Å². The number of hydrogen-bond acceptors (Lipinski definition) is 8. The van der Waals surface area contributed by atoms with Gasteiger partial charge in [-0.2, -0.15) is 0 Å². The van der Waals surface area contributed by atoms with Crippen molar-refractivity contribution in [2.45, 2.75) is 64.2 Å². The molecule has 1 heterocycles. The van der Waals surface area contributed by atoms with E-state index in [1.54, 1.807) is 40.5 Å². The minimum atomic E-state index is -1.41. The number of nitrogens with one attached hydrogen (secondary N) is 4. The number of fused-ring (bicyclic) bond motifs is 1. The van der Waals surface area contributed by atoms with E-state index in [2.05, 4.69) is 21.4 Å². The van der Waals surface area contributed by atoms with E-state index < -0.39 is 60.7 Å². The highest BCUT2D eigenvalue weighted by Gasteiger charge is 2.40. The first kappa shape index (κ1) is 46.4. The van der Waals surface area contributed by atoms with Gasteiger partial charge in [0.25, 0.3) is 0 Å². The van der Waals surface area contributed by atoms with Crippen LogP contribution in [0.25, 0.3) is 10.1 Å². The molecule has 12 nitrogen and oxygen atoms in total. The number of halogens is 1. The molecule has 0 radical (unpaired) electrons. The van der Waals surface area contributed by atoms with Crippen LogP contribution >= 0.6 is 22.9 Å². The second-order valence-electron chi connectivity index (χ2n) is 14.7. The van der Waals surface area contributed by atoms with E-state index in [4.69, 9.17) is 25.9 Å². The molecule has 0 bridgehead atoms. The van der Waals surface area contributed by atoms with E-state index in [9.17, 15) is 14.4 Å². The van der Waals surface area contributed by atoms with Gasteiger partial charge in [0.1, 0.15) is 11.6 Å². The summed E-state index contributed by atoms with van der Waals surface area (Å²) in [5.74, 6) is -1.82.